The van der Waals surface area contributed by atoms with Crippen molar-refractivity contribution in [2.24, 2.45) is 5.92 Å². The number of aliphatic hydroxyl groups is 1. The summed E-state index contributed by atoms with van der Waals surface area (Å²) < 4.78 is 72.2. The Bertz CT molecular complexity index is 311. The number of aliphatic carboxylic acids is 1. The van der Waals surface area contributed by atoms with Crippen LogP contribution in [0.2, 0.25) is 0 Å². The average Bonchev–Trinajstić information content (AvgIpc) is 2.08. The van der Waals surface area contributed by atoms with Crippen molar-refractivity contribution in [3.05, 3.63) is 0 Å². The molecule has 3 N–H and O–H groups in total. The molecule has 0 aliphatic carbocycles. The van der Waals surface area contributed by atoms with Crippen molar-refractivity contribution >= 4 is 11.9 Å². The second-order valence-electron chi connectivity index (χ2n) is 3.10. The predicted octanol–water partition coefficient (Wildman–Crippen LogP) is 0.289. The zero-order chi connectivity index (χ0) is 14.7. The molecule has 0 unspecified atom stereocenters. The number of amides is 1. The molecule has 0 radical (unpaired) electrons. The summed E-state index contributed by atoms with van der Waals surface area (Å²) in [4.78, 5) is 21.0. The number of carbonyl (C=O) groups excluding carboxylic acids is 1. The van der Waals surface area contributed by atoms with Gasteiger partial charge in [0.05, 0.1) is 6.61 Å². The summed E-state index contributed by atoms with van der Waals surface area (Å²) in [6, 6.07) is -2.25. The van der Waals surface area contributed by atoms with Crippen LogP contribution in [-0.2, 0) is 9.59 Å². The van der Waals surface area contributed by atoms with Gasteiger partial charge in [-0.2, -0.15) is 26.3 Å². The highest BCUT2D eigenvalue weighted by atomic mass is 19.4. The van der Waals surface area contributed by atoms with Crippen LogP contribution in [0, 0.1) is 5.92 Å². The Morgan fingerprint density at radius 1 is 1.06 bits per heavy atom. The first-order valence-electron chi connectivity index (χ1n) is 4.18. The van der Waals surface area contributed by atoms with Crippen molar-refractivity contribution in [1.82, 2.24) is 5.32 Å². The summed E-state index contributed by atoms with van der Waals surface area (Å²) in [6.45, 7) is -1.34. The molecule has 0 aliphatic heterocycles. The monoisotopic (exact) mass is 283 g/mol. The third-order valence-electron chi connectivity index (χ3n) is 1.71. The zero-order valence-corrected chi connectivity index (χ0v) is 8.34. The minimum Gasteiger partial charge on any atom is -0.480 e. The number of carboxylic acids is 1. The van der Waals surface area contributed by atoms with E-state index >= 15 is 0 Å². The van der Waals surface area contributed by atoms with Gasteiger partial charge in [0.1, 0.15) is 6.04 Å². The Kier molecular flexibility index (Phi) is 4.96. The van der Waals surface area contributed by atoms with Crippen LogP contribution in [0.3, 0.4) is 0 Å². The Morgan fingerprint density at radius 2 is 1.44 bits per heavy atom. The lowest BCUT2D eigenvalue weighted by molar-refractivity contribution is -0.274. The van der Waals surface area contributed by atoms with E-state index in [1.54, 1.807) is 0 Å². The number of carboxylic acid groups (broad SMARTS) is 1. The van der Waals surface area contributed by atoms with Gasteiger partial charge in [0.2, 0.25) is 11.8 Å². The second-order valence-corrected chi connectivity index (χ2v) is 3.10. The van der Waals surface area contributed by atoms with Crippen LogP contribution in [-0.4, -0.2) is 47.1 Å². The molecule has 0 saturated carbocycles. The Balaban J connectivity index is 5.07. The maximum Gasteiger partial charge on any atom is 0.409 e. The van der Waals surface area contributed by atoms with Crippen LogP contribution >= 0.6 is 0 Å². The number of alkyl halides is 6. The maximum atomic E-state index is 12.0. The largest absolute Gasteiger partial charge is 0.480 e. The van der Waals surface area contributed by atoms with Crippen LogP contribution in [0.25, 0.3) is 0 Å². The van der Waals surface area contributed by atoms with E-state index in [1.807, 2.05) is 0 Å². The third-order valence-corrected chi connectivity index (χ3v) is 1.71. The Labute approximate surface area is 95.4 Å². The van der Waals surface area contributed by atoms with Crippen molar-refractivity contribution < 1.29 is 46.1 Å². The molecule has 0 saturated heterocycles. The molecule has 11 heteroatoms. The zero-order valence-electron chi connectivity index (χ0n) is 8.34. The van der Waals surface area contributed by atoms with Gasteiger partial charge in [0, 0.05) is 0 Å². The molecular formula is C7H7F6NO4. The van der Waals surface area contributed by atoms with Gasteiger partial charge >= 0.3 is 18.3 Å². The molecule has 5 nitrogen and oxygen atoms in total. The maximum absolute atomic E-state index is 12.0. The van der Waals surface area contributed by atoms with Crippen molar-refractivity contribution in [2.45, 2.75) is 18.4 Å². The topological polar surface area (TPSA) is 86.6 Å². The van der Waals surface area contributed by atoms with Crippen molar-refractivity contribution in [3.8, 4) is 0 Å². The fourth-order valence-electron chi connectivity index (χ4n) is 0.923. The van der Waals surface area contributed by atoms with Crippen molar-refractivity contribution in [3.63, 3.8) is 0 Å². The Morgan fingerprint density at radius 3 is 1.67 bits per heavy atom. The number of hydrogen-bond acceptors (Lipinski definition) is 3. The van der Waals surface area contributed by atoms with Gasteiger partial charge in [-0.1, -0.05) is 0 Å². The molecule has 18 heavy (non-hydrogen) atoms. The lowest BCUT2D eigenvalue weighted by Crippen LogP contribution is -2.53. The first-order valence-corrected chi connectivity index (χ1v) is 4.18. The van der Waals surface area contributed by atoms with Crippen LogP contribution in [0.15, 0.2) is 0 Å². The number of halogens is 6. The quantitative estimate of drug-likeness (QED) is 0.647. The average molecular weight is 283 g/mol. The molecule has 0 aromatic heterocycles. The van der Waals surface area contributed by atoms with Gasteiger partial charge in [-0.15, -0.1) is 0 Å². The van der Waals surface area contributed by atoms with E-state index in [0.717, 1.165) is 5.32 Å². The molecule has 0 fully saturated rings. The first-order chi connectivity index (χ1) is 7.91. The number of carbonyl (C=O) groups is 2. The summed E-state index contributed by atoms with van der Waals surface area (Å²) in [7, 11) is 0. The van der Waals surface area contributed by atoms with Gasteiger partial charge in [-0.25, -0.2) is 4.79 Å². The molecule has 0 spiro atoms. The molecular weight excluding hydrogens is 276 g/mol. The minimum atomic E-state index is -5.92. The predicted molar refractivity (Wildman–Crippen MR) is 42.3 cm³/mol. The van der Waals surface area contributed by atoms with Gasteiger partial charge in [0.15, 0.2) is 0 Å². The fourth-order valence-corrected chi connectivity index (χ4v) is 0.923. The SMILES string of the molecule is O=C(N[C@@H](CO)C(=O)O)C(C(F)(F)F)C(F)(F)F. The molecule has 0 bridgehead atoms. The third kappa shape index (κ3) is 4.39. The van der Waals surface area contributed by atoms with Crippen LogP contribution < -0.4 is 5.32 Å². The van der Waals surface area contributed by atoms with Crippen molar-refractivity contribution in [2.75, 3.05) is 6.61 Å². The van der Waals surface area contributed by atoms with E-state index in [9.17, 15) is 35.9 Å². The smallest absolute Gasteiger partial charge is 0.409 e. The molecule has 106 valence electrons. The molecule has 1 amide bonds. The highest BCUT2D eigenvalue weighted by Gasteiger charge is 2.61. The summed E-state index contributed by atoms with van der Waals surface area (Å²) in [5, 5.41) is 17.6. The summed E-state index contributed by atoms with van der Waals surface area (Å²) in [6.07, 6.45) is -11.8. The molecule has 0 rings (SSSR count). The van der Waals surface area contributed by atoms with Crippen LogP contribution in [0.5, 0.6) is 0 Å². The number of hydrogen-bond donors (Lipinski definition) is 3. The van der Waals surface area contributed by atoms with Gasteiger partial charge in [-0.3, -0.25) is 4.79 Å². The lowest BCUT2D eigenvalue weighted by atomic mass is 10.1. The van der Waals surface area contributed by atoms with E-state index in [-0.39, 0.29) is 0 Å². The second kappa shape index (κ2) is 5.42. The van der Waals surface area contributed by atoms with Gasteiger partial charge in [0.25, 0.3) is 0 Å². The van der Waals surface area contributed by atoms with Gasteiger partial charge in [-0.05, 0) is 0 Å². The molecule has 0 aliphatic rings. The normalized spacial score (nSPS) is 14.4. The molecule has 1 atom stereocenters. The van der Waals surface area contributed by atoms with E-state index in [2.05, 4.69) is 0 Å². The Hall–Kier alpha value is -1.52. The minimum absolute atomic E-state index is 0.951. The van der Waals surface area contributed by atoms with Crippen molar-refractivity contribution in [1.29, 1.82) is 0 Å². The highest BCUT2D eigenvalue weighted by molar-refractivity contribution is 5.86. The standard InChI is InChI=1S/C7H7F6NO4/c8-6(9,10)3(7(11,12)13)4(16)14-2(1-15)5(17)18/h2-3,15H,1H2,(H,14,16)(H,17,18)/t2-/m0/s1. The highest BCUT2D eigenvalue weighted by Crippen LogP contribution is 2.39. The van der Waals surface area contributed by atoms with Crippen LogP contribution in [0.4, 0.5) is 26.3 Å². The summed E-state index contributed by atoms with van der Waals surface area (Å²) >= 11 is 0. The van der Waals surface area contributed by atoms with Gasteiger partial charge < -0.3 is 15.5 Å². The van der Waals surface area contributed by atoms with E-state index in [4.69, 9.17) is 10.2 Å². The van der Waals surface area contributed by atoms with E-state index in [1.165, 1.54) is 0 Å². The lowest BCUT2D eigenvalue weighted by Gasteiger charge is -2.23. The summed E-state index contributed by atoms with van der Waals surface area (Å²) in [5.74, 6) is -8.90. The molecule has 0 aromatic carbocycles. The first kappa shape index (κ1) is 16.5. The summed E-state index contributed by atoms with van der Waals surface area (Å²) in [5.41, 5.74) is 0. The molecule has 0 aromatic rings. The molecule has 0 heterocycles. The van der Waals surface area contributed by atoms with Crippen LogP contribution in [0.1, 0.15) is 0 Å². The number of aliphatic hydroxyl groups excluding tert-OH is 1. The van der Waals surface area contributed by atoms with E-state index < -0.39 is 42.8 Å². The number of rotatable bonds is 4. The fraction of sp³-hybridized carbons (Fsp3) is 0.714. The number of nitrogens with one attached hydrogen (secondary N) is 1. The van der Waals surface area contributed by atoms with E-state index in [0.29, 0.717) is 0 Å².